The number of rotatable bonds is 7. The summed E-state index contributed by atoms with van der Waals surface area (Å²) in [6.07, 6.45) is 9.24. The molecule has 1 aromatic carbocycles. The van der Waals surface area contributed by atoms with Crippen LogP contribution in [0.15, 0.2) is 54.6 Å². The SMILES string of the molecule is CCC(C)/C=C/C=C/C(C)OC(=O)Cc1ccccc1. The van der Waals surface area contributed by atoms with Gasteiger partial charge in [-0.15, -0.1) is 0 Å². The number of hydrogen-bond acceptors (Lipinski definition) is 2. The molecule has 2 heteroatoms. The van der Waals surface area contributed by atoms with Gasteiger partial charge in [-0.25, -0.2) is 0 Å². The zero-order valence-corrected chi connectivity index (χ0v) is 12.6. The van der Waals surface area contributed by atoms with Crippen LogP contribution in [0.2, 0.25) is 0 Å². The fourth-order valence-electron chi connectivity index (χ4n) is 1.66. The van der Waals surface area contributed by atoms with Crippen LogP contribution in [0.4, 0.5) is 0 Å². The summed E-state index contributed by atoms with van der Waals surface area (Å²) < 4.78 is 5.33. The summed E-state index contributed by atoms with van der Waals surface area (Å²) >= 11 is 0. The van der Waals surface area contributed by atoms with E-state index in [2.05, 4.69) is 19.9 Å². The third kappa shape index (κ3) is 6.93. The molecular formula is C18H24O2. The van der Waals surface area contributed by atoms with Crippen LogP contribution in [0.1, 0.15) is 32.8 Å². The quantitative estimate of drug-likeness (QED) is 0.546. The van der Waals surface area contributed by atoms with Crippen molar-refractivity contribution < 1.29 is 9.53 Å². The lowest BCUT2D eigenvalue weighted by Crippen LogP contribution is -2.14. The summed E-state index contributed by atoms with van der Waals surface area (Å²) in [6.45, 7) is 6.21. The fraction of sp³-hybridized carbons (Fsp3) is 0.389. The second kappa shape index (κ2) is 9.13. The first kappa shape index (κ1) is 16.2. The number of ether oxygens (including phenoxy) is 1. The largest absolute Gasteiger partial charge is 0.458 e. The average Bonchev–Trinajstić information content (AvgIpc) is 2.44. The van der Waals surface area contributed by atoms with Gasteiger partial charge in [-0.1, -0.05) is 68.8 Å². The summed E-state index contributed by atoms with van der Waals surface area (Å²) in [5, 5.41) is 0. The van der Waals surface area contributed by atoms with Gasteiger partial charge in [0.2, 0.25) is 0 Å². The van der Waals surface area contributed by atoms with Crippen molar-refractivity contribution in [2.45, 2.75) is 39.7 Å². The van der Waals surface area contributed by atoms with Gasteiger partial charge in [0.1, 0.15) is 6.10 Å². The van der Waals surface area contributed by atoms with Crippen LogP contribution in [0.3, 0.4) is 0 Å². The van der Waals surface area contributed by atoms with Crippen molar-refractivity contribution >= 4 is 5.97 Å². The molecule has 0 saturated heterocycles. The Morgan fingerprint density at radius 3 is 2.45 bits per heavy atom. The standard InChI is InChI=1S/C18H24O2/c1-4-15(2)10-8-9-11-16(3)20-18(19)14-17-12-6-5-7-13-17/h5-13,15-16H,4,14H2,1-3H3/b10-8+,11-9+. The lowest BCUT2D eigenvalue weighted by molar-refractivity contribution is -0.145. The van der Waals surface area contributed by atoms with Crippen molar-refractivity contribution in [2.24, 2.45) is 5.92 Å². The molecule has 0 bridgehead atoms. The maximum atomic E-state index is 11.7. The van der Waals surface area contributed by atoms with Gasteiger partial charge in [-0.3, -0.25) is 4.79 Å². The Bertz CT molecular complexity index is 446. The molecule has 0 fully saturated rings. The van der Waals surface area contributed by atoms with Crippen molar-refractivity contribution in [1.29, 1.82) is 0 Å². The van der Waals surface area contributed by atoms with E-state index in [0.717, 1.165) is 12.0 Å². The summed E-state index contributed by atoms with van der Waals surface area (Å²) in [5.41, 5.74) is 0.977. The first-order valence-corrected chi connectivity index (χ1v) is 7.20. The van der Waals surface area contributed by atoms with Crippen molar-refractivity contribution in [3.8, 4) is 0 Å². The summed E-state index contributed by atoms with van der Waals surface area (Å²) in [4.78, 5) is 11.7. The van der Waals surface area contributed by atoms with Crippen LogP contribution >= 0.6 is 0 Å². The van der Waals surface area contributed by atoms with Crippen molar-refractivity contribution in [3.63, 3.8) is 0 Å². The van der Waals surface area contributed by atoms with Gasteiger partial charge in [-0.2, -0.15) is 0 Å². The zero-order chi connectivity index (χ0) is 14.8. The van der Waals surface area contributed by atoms with Crippen molar-refractivity contribution in [2.75, 3.05) is 0 Å². The minimum absolute atomic E-state index is 0.195. The van der Waals surface area contributed by atoms with E-state index >= 15 is 0 Å². The molecule has 0 aromatic heterocycles. The third-order valence-corrected chi connectivity index (χ3v) is 3.09. The smallest absolute Gasteiger partial charge is 0.310 e. The van der Waals surface area contributed by atoms with Crippen LogP contribution in [-0.4, -0.2) is 12.1 Å². The lowest BCUT2D eigenvalue weighted by Gasteiger charge is -2.08. The molecule has 0 saturated carbocycles. The molecule has 20 heavy (non-hydrogen) atoms. The molecule has 0 spiro atoms. The molecular weight excluding hydrogens is 248 g/mol. The second-order valence-corrected chi connectivity index (χ2v) is 5.01. The summed E-state index contributed by atoms with van der Waals surface area (Å²) in [7, 11) is 0. The molecule has 0 heterocycles. The zero-order valence-electron chi connectivity index (χ0n) is 12.6. The highest BCUT2D eigenvalue weighted by atomic mass is 16.5. The molecule has 108 valence electrons. The Balaban J connectivity index is 2.34. The van der Waals surface area contributed by atoms with Gasteiger partial charge in [0.25, 0.3) is 0 Å². The molecule has 2 unspecified atom stereocenters. The number of carbonyl (C=O) groups excluding carboxylic acids is 1. The number of carbonyl (C=O) groups is 1. The average molecular weight is 272 g/mol. The van der Waals surface area contributed by atoms with E-state index < -0.39 is 0 Å². The van der Waals surface area contributed by atoms with E-state index in [-0.39, 0.29) is 12.1 Å². The maximum Gasteiger partial charge on any atom is 0.310 e. The minimum Gasteiger partial charge on any atom is -0.458 e. The highest BCUT2D eigenvalue weighted by Gasteiger charge is 2.07. The Morgan fingerprint density at radius 1 is 1.15 bits per heavy atom. The summed E-state index contributed by atoms with van der Waals surface area (Å²) in [5.74, 6) is 0.384. The van der Waals surface area contributed by atoms with E-state index in [1.807, 2.05) is 55.5 Å². The Labute approximate surface area is 122 Å². The number of allylic oxidation sites excluding steroid dienone is 3. The van der Waals surface area contributed by atoms with Crippen LogP contribution in [0.5, 0.6) is 0 Å². The number of esters is 1. The fourth-order valence-corrected chi connectivity index (χ4v) is 1.66. The monoisotopic (exact) mass is 272 g/mol. The molecule has 2 atom stereocenters. The normalized spacial score (nSPS) is 14.6. The molecule has 2 nitrogen and oxygen atoms in total. The Hall–Kier alpha value is -1.83. The topological polar surface area (TPSA) is 26.3 Å². The third-order valence-electron chi connectivity index (χ3n) is 3.09. The van der Waals surface area contributed by atoms with Crippen LogP contribution < -0.4 is 0 Å². The van der Waals surface area contributed by atoms with E-state index in [4.69, 9.17) is 4.74 Å². The van der Waals surface area contributed by atoms with E-state index in [9.17, 15) is 4.79 Å². The predicted octanol–water partition coefficient (Wildman–Crippen LogP) is 4.32. The molecule has 0 radical (unpaired) electrons. The first-order chi connectivity index (χ1) is 9.61. The summed E-state index contributed by atoms with van der Waals surface area (Å²) in [6, 6.07) is 9.63. The minimum atomic E-state index is -0.201. The van der Waals surface area contributed by atoms with Gasteiger partial charge < -0.3 is 4.74 Å². The molecule has 0 N–H and O–H groups in total. The molecule has 1 aromatic rings. The first-order valence-electron chi connectivity index (χ1n) is 7.20. The second-order valence-electron chi connectivity index (χ2n) is 5.01. The molecule has 0 aliphatic heterocycles. The molecule has 1 rings (SSSR count). The van der Waals surface area contributed by atoms with Gasteiger partial charge >= 0.3 is 5.97 Å². The Kier molecular flexibility index (Phi) is 7.41. The van der Waals surface area contributed by atoms with Gasteiger partial charge in [0.05, 0.1) is 6.42 Å². The van der Waals surface area contributed by atoms with Gasteiger partial charge in [0.15, 0.2) is 0 Å². The highest BCUT2D eigenvalue weighted by molar-refractivity contribution is 5.72. The maximum absolute atomic E-state index is 11.7. The molecule has 0 aliphatic carbocycles. The molecule has 0 amide bonds. The Morgan fingerprint density at radius 2 is 1.80 bits per heavy atom. The van der Waals surface area contributed by atoms with E-state index in [1.54, 1.807) is 0 Å². The van der Waals surface area contributed by atoms with Crippen LogP contribution in [0, 0.1) is 5.92 Å². The van der Waals surface area contributed by atoms with Gasteiger partial charge in [-0.05, 0) is 24.5 Å². The predicted molar refractivity (Wildman–Crippen MR) is 83.4 cm³/mol. The number of benzene rings is 1. The van der Waals surface area contributed by atoms with Crippen LogP contribution in [-0.2, 0) is 16.0 Å². The molecule has 0 aliphatic rings. The van der Waals surface area contributed by atoms with Gasteiger partial charge in [0, 0.05) is 0 Å². The van der Waals surface area contributed by atoms with Crippen LogP contribution in [0.25, 0.3) is 0 Å². The van der Waals surface area contributed by atoms with Crippen molar-refractivity contribution in [1.82, 2.24) is 0 Å². The van der Waals surface area contributed by atoms with Crippen molar-refractivity contribution in [3.05, 3.63) is 60.2 Å². The van der Waals surface area contributed by atoms with E-state index in [0.29, 0.717) is 12.3 Å². The lowest BCUT2D eigenvalue weighted by atomic mass is 10.1. The van der Waals surface area contributed by atoms with E-state index in [1.165, 1.54) is 0 Å². The number of hydrogen-bond donors (Lipinski definition) is 0. The highest BCUT2D eigenvalue weighted by Crippen LogP contribution is 2.04.